The Hall–Kier alpha value is -1.61. The average molecular weight is 362 g/mol. The normalized spacial score (nSPS) is 25.9. The number of piperidine rings is 1. The maximum Gasteiger partial charge on any atom is 0.416 e. The first-order valence-electron chi connectivity index (χ1n) is 7.61. The van der Waals surface area contributed by atoms with Crippen molar-refractivity contribution in [1.82, 2.24) is 9.62 Å². The first-order chi connectivity index (χ1) is 11.2. The Balaban J connectivity index is 1.86. The van der Waals surface area contributed by atoms with Gasteiger partial charge >= 0.3 is 6.18 Å². The third-order valence-corrected chi connectivity index (χ3v) is 6.59. The lowest BCUT2D eigenvalue weighted by Crippen LogP contribution is -2.49. The van der Waals surface area contributed by atoms with Crippen LogP contribution in [0, 0.1) is 5.41 Å². The summed E-state index contributed by atoms with van der Waals surface area (Å²) >= 11 is 0. The molecule has 0 bridgehead atoms. The third kappa shape index (κ3) is 2.90. The number of amides is 1. The van der Waals surface area contributed by atoms with Gasteiger partial charge in [0.1, 0.15) is 0 Å². The molecule has 0 radical (unpaired) electrons. The predicted octanol–water partition coefficient (Wildman–Crippen LogP) is 2.00. The minimum atomic E-state index is -4.51. The SMILES string of the molecule is O=C1NCCC12CCCN(S(=O)(=O)c1ccc(C(F)(F)F)cc1)C2. The molecule has 3 rings (SSSR count). The molecule has 0 saturated carbocycles. The number of nitrogens with one attached hydrogen (secondary N) is 1. The van der Waals surface area contributed by atoms with E-state index >= 15 is 0 Å². The summed E-state index contributed by atoms with van der Waals surface area (Å²) in [5, 5.41) is 2.73. The summed E-state index contributed by atoms with van der Waals surface area (Å²) in [5.74, 6) is -0.144. The van der Waals surface area contributed by atoms with Crippen LogP contribution in [0.15, 0.2) is 29.2 Å². The molecule has 2 saturated heterocycles. The predicted molar refractivity (Wildman–Crippen MR) is 79.5 cm³/mol. The van der Waals surface area contributed by atoms with Gasteiger partial charge in [-0.15, -0.1) is 0 Å². The number of hydrogen-bond donors (Lipinski definition) is 1. The third-order valence-electron chi connectivity index (χ3n) is 4.73. The lowest BCUT2D eigenvalue weighted by Gasteiger charge is -2.37. The number of nitrogens with zero attached hydrogens (tertiary/aromatic N) is 1. The lowest BCUT2D eigenvalue weighted by molar-refractivity contribution is -0.137. The highest BCUT2D eigenvalue weighted by Crippen LogP contribution is 2.38. The van der Waals surface area contributed by atoms with Crippen molar-refractivity contribution in [1.29, 1.82) is 0 Å². The van der Waals surface area contributed by atoms with Gasteiger partial charge in [0.15, 0.2) is 0 Å². The molecule has 0 aromatic heterocycles. The van der Waals surface area contributed by atoms with Crippen LogP contribution < -0.4 is 5.32 Å². The second-order valence-electron chi connectivity index (χ2n) is 6.25. The Kier molecular flexibility index (Phi) is 4.11. The number of benzene rings is 1. The summed E-state index contributed by atoms with van der Waals surface area (Å²) in [6.07, 6.45) is -2.77. The van der Waals surface area contributed by atoms with Crippen LogP contribution in [0.25, 0.3) is 0 Å². The molecule has 1 aromatic rings. The van der Waals surface area contributed by atoms with Gasteiger partial charge in [-0.25, -0.2) is 8.42 Å². The number of sulfonamides is 1. The molecule has 0 aliphatic carbocycles. The van der Waals surface area contributed by atoms with Crippen molar-refractivity contribution in [3.8, 4) is 0 Å². The maximum atomic E-state index is 12.7. The van der Waals surface area contributed by atoms with Crippen molar-refractivity contribution < 1.29 is 26.4 Å². The summed E-state index contributed by atoms with van der Waals surface area (Å²) in [7, 11) is -3.93. The number of carbonyl (C=O) groups excluding carboxylic acids is 1. The Morgan fingerprint density at radius 1 is 1.12 bits per heavy atom. The van der Waals surface area contributed by atoms with E-state index in [2.05, 4.69) is 5.32 Å². The van der Waals surface area contributed by atoms with Crippen molar-refractivity contribution in [2.24, 2.45) is 5.41 Å². The Bertz CT molecular complexity index is 746. The van der Waals surface area contributed by atoms with Crippen molar-refractivity contribution in [3.05, 3.63) is 29.8 Å². The number of carbonyl (C=O) groups is 1. The molecule has 9 heteroatoms. The van der Waals surface area contributed by atoms with Crippen LogP contribution in [0.5, 0.6) is 0 Å². The van der Waals surface area contributed by atoms with Gasteiger partial charge in [0.05, 0.1) is 15.9 Å². The Morgan fingerprint density at radius 3 is 2.33 bits per heavy atom. The first kappa shape index (κ1) is 17.2. The summed E-state index contributed by atoms with van der Waals surface area (Å²) in [6.45, 7) is 0.855. The largest absolute Gasteiger partial charge is 0.416 e. The maximum absolute atomic E-state index is 12.7. The monoisotopic (exact) mass is 362 g/mol. The quantitative estimate of drug-likeness (QED) is 0.875. The number of alkyl halides is 3. The van der Waals surface area contributed by atoms with Gasteiger partial charge in [-0.1, -0.05) is 0 Å². The topological polar surface area (TPSA) is 66.5 Å². The van der Waals surface area contributed by atoms with Gasteiger partial charge in [0, 0.05) is 19.6 Å². The number of rotatable bonds is 2. The van der Waals surface area contributed by atoms with E-state index in [0.717, 1.165) is 24.3 Å². The van der Waals surface area contributed by atoms with Gasteiger partial charge in [0.2, 0.25) is 15.9 Å². The van der Waals surface area contributed by atoms with Gasteiger partial charge < -0.3 is 5.32 Å². The smallest absolute Gasteiger partial charge is 0.356 e. The minimum absolute atomic E-state index is 0.0716. The molecule has 2 aliphatic heterocycles. The van der Waals surface area contributed by atoms with Crippen molar-refractivity contribution >= 4 is 15.9 Å². The zero-order valence-electron chi connectivity index (χ0n) is 12.8. The van der Waals surface area contributed by atoms with Crippen LogP contribution >= 0.6 is 0 Å². The first-order valence-corrected chi connectivity index (χ1v) is 9.05. The standard InChI is InChI=1S/C15H17F3N2O3S/c16-15(17,18)11-2-4-12(5-3-11)24(22,23)20-9-1-6-14(10-20)7-8-19-13(14)21/h2-5H,1,6-10H2,(H,19,21). The van der Waals surface area contributed by atoms with E-state index in [1.807, 2.05) is 0 Å². The van der Waals surface area contributed by atoms with E-state index in [0.29, 0.717) is 25.8 Å². The molecule has 24 heavy (non-hydrogen) atoms. The molecule has 1 N–H and O–H groups in total. The van der Waals surface area contributed by atoms with Crippen LogP contribution in [0.2, 0.25) is 0 Å². The Labute approximate surface area is 137 Å². The number of halogens is 3. The molecule has 5 nitrogen and oxygen atoms in total. The molecule has 1 aromatic carbocycles. The zero-order chi connectivity index (χ0) is 17.6. The lowest BCUT2D eigenvalue weighted by atomic mass is 9.79. The van der Waals surface area contributed by atoms with Gasteiger partial charge in [-0.2, -0.15) is 17.5 Å². The molecule has 1 atom stereocenters. The van der Waals surface area contributed by atoms with Crippen molar-refractivity contribution in [2.45, 2.75) is 30.3 Å². The molecular formula is C15H17F3N2O3S. The fourth-order valence-corrected chi connectivity index (χ4v) is 4.93. The highest BCUT2D eigenvalue weighted by Gasteiger charge is 2.47. The van der Waals surface area contributed by atoms with Gasteiger partial charge in [-0.05, 0) is 43.5 Å². The van der Waals surface area contributed by atoms with Crippen LogP contribution in [0.3, 0.4) is 0 Å². The van der Waals surface area contributed by atoms with E-state index in [1.165, 1.54) is 4.31 Å². The summed E-state index contributed by atoms with van der Waals surface area (Å²) in [4.78, 5) is 11.9. The number of hydrogen-bond acceptors (Lipinski definition) is 3. The second kappa shape index (κ2) is 5.73. The molecule has 1 spiro atoms. The summed E-state index contributed by atoms with van der Waals surface area (Å²) in [6, 6.07) is 3.45. The molecule has 2 fully saturated rings. The molecule has 1 amide bonds. The van der Waals surface area contributed by atoms with Crippen molar-refractivity contribution in [3.63, 3.8) is 0 Å². The molecule has 2 heterocycles. The van der Waals surface area contributed by atoms with E-state index < -0.39 is 27.2 Å². The van der Waals surface area contributed by atoms with Gasteiger partial charge in [-0.3, -0.25) is 4.79 Å². The second-order valence-corrected chi connectivity index (χ2v) is 8.19. The minimum Gasteiger partial charge on any atom is -0.356 e. The Morgan fingerprint density at radius 2 is 1.79 bits per heavy atom. The summed E-state index contributed by atoms with van der Waals surface area (Å²) in [5.41, 5.74) is -1.61. The highest BCUT2D eigenvalue weighted by atomic mass is 32.2. The van der Waals surface area contributed by atoms with E-state index in [9.17, 15) is 26.4 Å². The zero-order valence-corrected chi connectivity index (χ0v) is 13.6. The van der Waals surface area contributed by atoms with E-state index in [4.69, 9.17) is 0 Å². The van der Waals surface area contributed by atoms with E-state index in [-0.39, 0.29) is 23.9 Å². The fourth-order valence-electron chi connectivity index (χ4n) is 3.37. The van der Waals surface area contributed by atoms with Crippen LogP contribution in [-0.2, 0) is 21.0 Å². The highest BCUT2D eigenvalue weighted by molar-refractivity contribution is 7.89. The molecule has 1 unspecified atom stereocenters. The van der Waals surface area contributed by atoms with Crippen LogP contribution in [-0.4, -0.2) is 38.3 Å². The van der Waals surface area contributed by atoms with E-state index in [1.54, 1.807) is 0 Å². The van der Waals surface area contributed by atoms with Crippen molar-refractivity contribution in [2.75, 3.05) is 19.6 Å². The average Bonchev–Trinajstić information content (AvgIpc) is 2.87. The molecule has 2 aliphatic rings. The summed E-state index contributed by atoms with van der Waals surface area (Å²) < 4.78 is 64.5. The van der Waals surface area contributed by atoms with Gasteiger partial charge in [0.25, 0.3) is 0 Å². The van der Waals surface area contributed by atoms with Crippen LogP contribution in [0.1, 0.15) is 24.8 Å². The molecule has 132 valence electrons. The fraction of sp³-hybridized carbons (Fsp3) is 0.533. The molecular weight excluding hydrogens is 345 g/mol. The van der Waals surface area contributed by atoms with Crippen LogP contribution in [0.4, 0.5) is 13.2 Å².